The van der Waals surface area contributed by atoms with Gasteiger partial charge in [-0.05, 0) is 26.7 Å². The minimum absolute atomic E-state index is 0.313. The summed E-state index contributed by atoms with van der Waals surface area (Å²) >= 11 is 0. The highest BCUT2D eigenvalue weighted by Gasteiger charge is 2.33. The quantitative estimate of drug-likeness (QED) is 0.654. The molecule has 0 saturated carbocycles. The van der Waals surface area contributed by atoms with Crippen molar-refractivity contribution in [1.29, 1.82) is 0 Å². The van der Waals surface area contributed by atoms with Crippen LogP contribution in [0.3, 0.4) is 0 Å². The fourth-order valence-corrected chi connectivity index (χ4v) is 1.57. The highest BCUT2D eigenvalue weighted by molar-refractivity contribution is 5.87. The van der Waals surface area contributed by atoms with E-state index in [9.17, 15) is 9.59 Å². The van der Waals surface area contributed by atoms with Crippen molar-refractivity contribution in [3.8, 4) is 0 Å². The van der Waals surface area contributed by atoms with Gasteiger partial charge in [0.2, 0.25) is 0 Å². The molecule has 0 aliphatic carbocycles. The van der Waals surface area contributed by atoms with Gasteiger partial charge >= 0.3 is 11.9 Å². The summed E-state index contributed by atoms with van der Waals surface area (Å²) in [5.74, 6) is -0.0365. The lowest BCUT2D eigenvalue weighted by molar-refractivity contribution is -0.147. The maximum Gasteiger partial charge on any atom is 0.324 e. The summed E-state index contributed by atoms with van der Waals surface area (Å²) in [6, 6.07) is -0.534. The molecule has 1 aliphatic rings. The highest BCUT2D eigenvalue weighted by atomic mass is 16.5. The predicted molar refractivity (Wildman–Crippen MR) is 56.5 cm³/mol. The number of rotatable bonds is 4. The minimum Gasteiger partial charge on any atom is -0.466 e. The second-order valence-electron chi connectivity index (χ2n) is 3.45. The molecule has 0 aromatic heterocycles. The van der Waals surface area contributed by atoms with Gasteiger partial charge in [-0.1, -0.05) is 0 Å². The smallest absolute Gasteiger partial charge is 0.324 e. The van der Waals surface area contributed by atoms with E-state index in [-0.39, 0.29) is 11.9 Å². The summed E-state index contributed by atoms with van der Waals surface area (Å²) in [5.41, 5.74) is 0. The number of ether oxygens (including phenoxy) is 2. The van der Waals surface area contributed by atoms with Gasteiger partial charge < -0.3 is 9.47 Å². The predicted octanol–water partition coefficient (Wildman–Crippen LogP) is 0.454. The average molecular weight is 227 g/mol. The number of carbonyl (C=O) groups is 2. The standard InChI is InChI=1S/C11H17NO4/c1-3-15-10(13)8-5-6-12-9(7-8)11(14)16-4-2/h9H,3-7H2,1-2H3. The van der Waals surface area contributed by atoms with Crippen molar-refractivity contribution >= 4 is 11.9 Å². The van der Waals surface area contributed by atoms with Crippen LogP contribution in [0.4, 0.5) is 0 Å². The third kappa shape index (κ3) is 3.48. The zero-order valence-electron chi connectivity index (χ0n) is 9.69. The van der Waals surface area contributed by atoms with Crippen LogP contribution in [0, 0.1) is 5.92 Å². The fraction of sp³-hybridized carbons (Fsp3) is 0.727. The molecule has 0 bridgehead atoms. The van der Waals surface area contributed by atoms with Crippen LogP contribution in [0.1, 0.15) is 26.7 Å². The van der Waals surface area contributed by atoms with E-state index in [2.05, 4.69) is 5.32 Å². The van der Waals surface area contributed by atoms with Crippen molar-refractivity contribution in [3.05, 3.63) is 5.92 Å². The molecule has 1 heterocycles. The first kappa shape index (κ1) is 13.0. The average Bonchev–Trinajstić information content (AvgIpc) is 2.30. The molecule has 1 unspecified atom stereocenters. The molecule has 5 heteroatoms. The van der Waals surface area contributed by atoms with Crippen molar-refractivity contribution in [2.45, 2.75) is 32.7 Å². The summed E-state index contributed by atoms with van der Waals surface area (Å²) < 4.78 is 9.77. The van der Waals surface area contributed by atoms with Gasteiger partial charge in [0.25, 0.3) is 0 Å². The molecule has 0 aromatic carbocycles. The zero-order chi connectivity index (χ0) is 12.0. The van der Waals surface area contributed by atoms with Crippen LogP contribution < -0.4 is 5.32 Å². The van der Waals surface area contributed by atoms with E-state index in [1.54, 1.807) is 13.8 Å². The van der Waals surface area contributed by atoms with Crippen LogP contribution in [0.15, 0.2) is 0 Å². The molecule has 1 rings (SSSR count). The van der Waals surface area contributed by atoms with E-state index in [0.29, 0.717) is 38.5 Å². The molecule has 1 aliphatic heterocycles. The van der Waals surface area contributed by atoms with Crippen LogP contribution in [0.25, 0.3) is 0 Å². The van der Waals surface area contributed by atoms with Gasteiger partial charge in [0.1, 0.15) is 6.04 Å². The third-order valence-electron chi connectivity index (χ3n) is 2.33. The number of nitrogens with zero attached hydrogens (tertiary/aromatic N) is 1. The maximum absolute atomic E-state index is 11.5. The first-order chi connectivity index (χ1) is 7.69. The van der Waals surface area contributed by atoms with E-state index in [1.165, 1.54) is 0 Å². The molecular weight excluding hydrogens is 210 g/mol. The van der Waals surface area contributed by atoms with Crippen molar-refractivity contribution in [3.63, 3.8) is 0 Å². The van der Waals surface area contributed by atoms with E-state index in [0.717, 1.165) is 0 Å². The van der Waals surface area contributed by atoms with Gasteiger partial charge in [-0.15, -0.1) is 0 Å². The number of carbonyl (C=O) groups excluding carboxylic acids is 2. The number of piperidine rings is 1. The number of hydrogen-bond donors (Lipinski definition) is 0. The molecule has 1 atom stereocenters. The third-order valence-corrected chi connectivity index (χ3v) is 2.33. The Kier molecular flexibility index (Phi) is 5.25. The van der Waals surface area contributed by atoms with Crippen LogP contribution in [0.5, 0.6) is 0 Å². The van der Waals surface area contributed by atoms with E-state index < -0.39 is 6.04 Å². The normalized spacial score (nSPS) is 21.5. The maximum atomic E-state index is 11.5. The number of hydrogen-bond acceptors (Lipinski definition) is 4. The van der Waals surface area contributed by atoms with E-state index in [1.807, 2.05) is 0 Å². The van der Waals surface area contributed by atoms with E-state index in [4.69, 9.17) is 9.47 Å². The molecule has 0 spiro atoms. The summed E-state index contributed by atoms with van der Waals surface area (Å²) in [5, 5.41) is 4.14. The van der Waals surface area contributed by atoms with Crippen LogP contribution >= 0.6 is 0 Å². The largest absolute Gasteiger partial charge is 0.466 e. The Labute approximate surface area is 95.5 Å². The van der Waals surface area contributed by atoms with Gasteiger partial charge in [-0.2, -0.15) is 0 Å². The zero-order valence-corrected chi connectivity index (χ0v) is 9.69. The monoisotopic (exact) mass is 227 g/mol. The topological polar surface area (TPSA) is 66.7 Å². The molecule has 90 valence electrons. The molecule has 0 aromatic rings. The summed E-state index contributed by atoms with van der Waals surface area (Å²) in [4.78, 5) is 22.9. The second-order valence-corrected chi connectivity index (χ2v) is 3.45. The lowest BCUT2D eigenvalue weighted by Gasteiger charge is -2.25. The van der Waals surface area contributed by atoms with Crippen molar-refractivity contribution < 1.29 is 19.1 Å². The summed E-state index contributed by atoms with van der Waals surface area (Å²) in [6.45, 7) is 4.67. The Morgan fingerprint density at radius 1 is 1.31 bits per heavy atom. The first-order valence-electron chi connectivity index (χ1n) is 5.54. The van der Waals surface area contributed by atoms with Crippen LogP contribution in [0.2, 0.25) is 0 Å². The molecule has 0 N–H and O–H groups in total. The van der Waals surface area contributed by atoms with Crippen molar-refractivity contribution in [2.75, 3.05) is 19.8 Å². The van der Waals surface area contributed by atoms with Gasteiger partial charge in [0.05, 0.1) is 19.1 Å². The molecule has 0 amide bonds. The molecule has 1 fully saturated rings. The van der Waals surface area contributed by atoms with Crippen LogP contribution in [-0.4, -0.2) is 37.7 Å². The molecule has 2 radical (unpaired) electrons. The Morgan fingerprint density at radius 2 is 2.00 bits per heavy atom. The van der Waals surface area contributed by atoms with Gasteiger partial charge in [0.15, 0.2) is 0 Å². The minimum atomic E-state index is -0.534. The number of esters is 2. The van der Waals surface area contributed by atoms with E-state index >= 15 is 0 Å². The SMILES string of the molecule is CCOC(=O)[C]1CC[N]C(C(=O)OCC)C1. The fourth-order valence-electron chi connectivity index (χ4n) is 1.57. The molecule has 16 heavy (non-hydrogen) atoms. The Morgan fingerprint density at radius 3 is 2.62 bits per heavy atom. The van der Waals surface area contributed by atoms with Gasteiger partial charge in [-0.3, -0.25) is 9.59 Å². The first-order valence-corrected chi connectivity index (χ1v) is 5.54. The lowest BCUT2D eigenvalue weighted by atomic mass is 9.92. The Balaban J connectivity index is 2.46. The lowest BCUT2D eigenvalue weighted by Crippen LogP contribution is -2.41. The molecule has 5 nitrogen and oxygen atoms in total. The van der Waals surface area contributed by atoms with Crippen molar-refractivity contribution in [1.82, 2.24) is 5.32 Å². The van der Waals surface area contributed by atoms with Gasteiger partial charge in [-0.25, -0.2) is 5.32 Å². The Bertz CT molecular complexity index is 230. The molecule has 1 saturated heterocycles. The molecular formula is C11H17NO4. The van der Waals surface area contributed by atoms with Crippen LogP contribution in [-0.2, 0) is 19.1 Å². The van der Waals surface area contributed by atoms with Gasteiger partial charge in [0, 0.05) is 6.54 Å². The highest BCUT2D eigenvalue weighted by Crippen LogP contribution is 2.21. The Hall–Kier alpha value is -1.10. The second kappa shape index (κ2) is 6.48. The van der Waals surface area contributed by atoms with Crippen molar-refractivity contribution in [2.24, 2.45) is 0 Å². The summed E-state index contributed by atoms with van der Waals surface area (Å²) in [6.07, 6.45) is 0.909. The summed E-state index contributed by atoms with van der Waals surface area (Å²) in [7, 11) is 0.